The largest absolute Gasteiger partial charge is 0.508 e. The van der Waals surface area contributed by atoms with Crippen LogP contribution in [0.2, 0.25) is 0 Å². The van der Waals surface area contributed by atoms with Gasteiger partial charge in [-0.25, -0.2) is 0 Å². The van der Waals surface area contributed by atoms with E-state index in [0.717, 1.165) is 17.7 Å². The van der Waals surface area contributed by atoms with Crippen molar-refractivity contribution in [3.63, 3.8) is 0 Å². The average Bonchev–Trinajstić information content (AvgIpc) is 2.83. The van der Waals surface area contributed by atoms with Crippen LogP contribution in [-0.2, 0) is 32.0 Å². The first-order valence-electron chi connectivity index (χ1n) is 10.9. The molecule has 0 saturated carbocycles. The highest BCUT2D eigenvalue weighted by molar-refractivity contribution is 5.83. The zero-order chi connectivity index (χ0) is 22.8. The number of nitrogens with one attached hydrogen (secondary N) is 1. The summed E-state index contributed by atoms with van der Waals surface area (Å²) in [7, 11) is 0. The number of hydrogen-bond acceptors (Lipinski definition) is 6. The molecule has 2 N–H and O–H groups in total. The zero-order valence-electron chi connectivity index (χ0n) is 18.2. The van der Waals surface area contributed by atoms with Crippen molar-refractivity contribution in [3.05, 3.63) is 59.7 Å². The Labute approximate surface area is 188 Å². The van der Waals surface area contributed by atoms with Crippen LogP contribution in [0, 0.1) is 5.41 Å². The summed E-state index contributed by atoms with van der Waals surface area (Å²) < 4.78 is 11.0. The molecule has 0 bridgehead atoms. The third kappa shape index (κ3) is 6.40. The Kier molecular flexibility index (Phi) is 8.39. The number of hydrogen-bond donors (Lipinski definition) is 2. The maximum atomic E-state index is 13.0. The molecule has 0 unspecified atom stereocenters. The highest BCUT2D eigenvalue weighted by Crippen LogP contribution is 2.32. The van der Waals surface area contributed by atoms with Crippen LogP contribution in [0.5, 0.6) is 5.75 Å². The number of aliphatic imine (C=N–C) groups is 1. The smallest absolute Gasteiger partial charge is 0.305 e. The fourth-order valence-corrected chi connectivity index (χ4v) is 3.72. The van der Waals surface area contributed by atoms with E-state index >= 15 is 0 Å². The summed E-state index contributed by atoms with van der Waals surface area (Å²) in [4.78, 5) is 29.2. The molecule has 1 amide bonds. The van der Waals surface area contributed by atoms with E-state index in [4.69, 9.17) is 9.47 Å². The van der Waals surface area contributed by atoms with E-state index in [1.54, 1.807) is 24.3 Å². The van der Waals surface area contributed by atoms with E-state index in [-0.39, 0.29) is 37.2 Å². The lowest BCUT2D eigenvalue weighted by Gasteiger charge is -2.35. The second-order valence-electron chi connectivity index (χ2n) is 8.04. The lowest BCUT2D eigenvalue weighted by atomic mass is 9.80. The molecule has 0 aromatic heterocycles. The van der Waals surface area contributed by atoms with Crippen molar-refractivity contribution in [1.82, 2.24) is 5.32 Å². The molecule has 1 fully saturated rings. The zero-order valence-corrected chi connectivity index (χ0v) is 18.2. The summed E-state index contributed by atoms with van der Waals surface area (Å²) in [5, 5.41) is 12.8. The molecule has 7 nitrogen and oxygen atoms in total. The Bertz CT molecular complexity index is 920. The molecule has 2 aromatic rings. The number of phenolic OH excluding ortho intramolecular Hbond substituents is 1. The number of ether oxygens (including phenoxy) is 2. The summed E-state index contributed by atoms with van der Waals surface area (Å²) in [5.74, 6) is -0.364. The summed E-state index contributed by atoms with van der Waals surface area (Å²) in [5.41, 5.74) is 1.76. The minimum atomic E-state index is -0.814. The molecular formula is C25H30N2O5. The predicted molar refractivity (Wildman–Crippen MR) is 122 cm³/mol. The molecule has 2 aromatic carbocycles. The van der Waals surface area contributed by atoms with E-state index in [1.165, 1.54) is 0 Å². The Balaban J connectivity index is 1.49. The molecule has 3 rings (SSSR count). The quantitative estimate of drug-likeness (QED) is 0.435. The van der Waals surface area contributed by atoms with Crippen molar-refractivity contribution >= 4 is 24.3 Å². The summed E-state index contributed by atoms with van der Waals surface area (Å²) in [6, 6.07) is 14.6. The maximum Gasteiger partial charge on any atom is 0.305 e. The van der Waals surface area contributed by atoms with Crippen LogP contribution in [0.1, 0.15) is 36.8 Å². The van der Waals surface area contributed by atoms with Gasteiger partial charge < -0.3 is 19.9 Å². The van der Waals surface area contributed by atoms with E-state index in [9.17, 15) is 14.7 Å². The second-order valence-corrected chi connectivity index (χ2v) is 8.04. The van der Waals surface area contributed by atoms with E-state index < -0.39 is 5.41 Å². The standard InChI is InChI=1S/C25H30N2O5/c1-26-21-11-9-19(10-12-21)5-4-8-23(29)32-18-25(13-15-31-16-14-25)24(30)27-17-20-6-2-3-7-22(20)28/h2-3,6-7,9-12,28H,1,4-5,8,13-18H2,(H,27,30). The number of benzene rings is 2. The molecule has 1 aliphatic rings. The van der Waals surface area contributed by atoms with Gasteiger partial charge in [0.15, 0.2) is 0 Å². The number of nitrogens with zero attached hydrogens (tertiary/aromatic N) is 1. The van der Waals surface area contributed by atoms with Crippen LogP contribution in [0.25, 0.3) is 0 Å². The number of esters is 1. The third-order valence-corrected chi connectivity index (χ3v) is 5.84. The molecule has 0 aliphatic carbocycles. The van der Waals surface area contributed by atoms with Crippen molar-refractivity contribution in [2.24, 2.45) is 10.4 Å². The number of amides is 1. The molecule has 7 heteroatoms. The van der Waals surface area contributed by atoms with Gasteiger partial charge in [0.1, 0.15) is 12.4 Å². The fraction of sp³-hybridized carbons (Fsp3) is 0.400. The Morgan fingerprint density at radius 2 is 1.84 bits per heavy atom. The van der Waals surface area contributed by atoms with Crippen molar-refractivity contribution in [2.75, 3.05) is 19.8 Å². The van der Waals surface area contributed by atoms with Crippen LogP contribution < -0.4 is 5.32 Å². The van der Waals surface area contributed by atoms with Crippen molar-refractivity contribution in [1.29, 1.82) is 0 Å². The second kappa shape index (κ2) is 11.4. The Hall–Kier alpha value is -3.19. The van der Waals surface area contributed by atoms with Crippen molar-refractivity contribution in [3.8, 4) is 5.75 Å². The Morgan fingerprint density at radius 1 is 1.12 bits per heavy atom. The van der Waals surface area contributed by atoms with Gasteiger partial charge >= 0.3 is 5.97 Å². The van der Waals surface area contributed by atoms with Gasteiger partial charge in [-0.15, -0.1) is 0 Å². The van der Waals surface area contributed by atoms with Gasteiger partial charge in [0.2, 0.25) is 5.91 Å². The molecule has 170 valence electrons. The van der Waals surface area contributed by atoms with Gasteiger partial charge in [-0.3, -0.25) is 14.6 Å². The summed E-state index contributed by atoms with van der Waals surface area (Å²) in [6.45, 7) is 4.62. The minimum absolute atomic E-state index is 0.0293. The van der Waals surface area contributed by atoms with Gasteiger partial charge in [0, 0.05) is 31.7 Å². The first kappa shape index (κ1) is 23.5. The van der Waals surface area contributed by atoms with Crippen LogP contribution in [0.4, 0.5) is 5.69 Å². The first-order chi connectivity index (χ1) is 15.5. The number of rotatable bonds is 10. The van der Waals surface area contributed by atoms with Crippen LogP contribution >= 0.6 is 0 Å². The number of aromatic hydroxyl groups is 1. The first-order valence-corrected chi connectivity index (χ1v) is 10.9. The molecule has 1 aliphatic heterocycles. The Morgan fingerprint density at radius 3 is 2.53 bits per heavy atom. The van der Waals surface area contributed by atoms with E-state index in [2.05, 4.69) is 17.0 Å². The van der Waals surface area contributed by atoms with E-state index in [1.807, 2.05) is 24.3 Å². The molecule has 0 radical (unpaired) electrons. The number of carbonyl (C=O) groups is 2. The summed E-state index contributed by atoms with van der Waals surface area (Å²) in [6.07, 6.45) is 2.67. The van der Waals surface area contributed by atoms with Gasteiger partial charge in [-0.1, -0.05) is 30.3 Å². The van der Waals surface area contributed by atoms with Gasteiger partial charge in [0.05, 0.1) is 11.1 Å². The van der Waals surface area contributed by atoms with Gasteiger partial charge in [-0.2, -0.15) is 0 Å². The highest BCUT2D eigenvalue weighted by atomic mass is 16.5. The molecule has 32 heavy (non-hydrogen) atoms. The third-order valence-electron chi connectivity index (χ3n) is 5.84. The number of phenols is 1. The molecule has 1 saturated heterocycles. The van der Waals surface area contributed by atoms with Crippen LogP contribution in [0.15, 0.2) is 53.5 Å². The van der Waals surface area contributed by atoms with E-state index in [0.29, 0.717) is 38.0 Å². The highest BCUT2D eigenvalue weighted by Gasteiger charge is 2.41. The minimum Gasteiger partial charge on any atom is -0.508 e. The summed E-state index contributed by atoms with van der Waals surface area (Å²) >= 11 is 0. The van der Waals surface area contributed by atoms with Crippen LogP contribution in [0.3, 0.4) is 0 Å². The molecule has 0 spiro atoms. The SMILES string of the molecule is C=Nc1ccc(CCCC(=O)OCC2(C(=O)NCc3ccccc3O)CCOCC2)cc1. The molecule has 1 heterocycles. The predicted octanol–water partition coefficient (Wildman–Crippen LogP) is 3.70. The average molecular weight is 439 g/mol. The number of aryl methyl sites for hydroxylation is 1. The topological polar surface area (TPSA) is 97.2 Å². The molecule has 0 atom stereocenters. The number of para-hydroxylation sites is 1. The van der Waals surface area contributed by atoms with Gasteiger partial charge in [0.25, 0.3) is 0 Å². The monoisotopic (exact) mass is 438 g/mol. The number of carbonyl (C=O) groups excluding carboxylic acids is 2. The van der Waals surface area contributed by atoms with Crippen LogP contribution in [-0.4, -0.2) is 43.5 Å². The van der Waals surface area contributed by atoms with Crippen molar-refractivity contribution in [2.45, 2.75) is 38.6 Å². The fourth-order valence-electron chi connectivity index (χ4n) is 3.72. The lowest BCUT2D eigenvalue weighted by molar-refractivity contribution is -0.155. The van der Waals surface area contributed by atoms with Crippen molar-refractivity contribution < 1.29 is 24.2 Å². The maximum absolute atomic E-state index is 13.0. The van der Waals surface area contributed by atoms with Gasteiger partial charge in [-0.05, 0) is 56.2 Å². The lowest BCUT2D eigenvalue weighted by Crippen LogP contribution is -2.47. The molecular weight excluding hydrogens is 408 g/mol. The normalized spacial score (nSPS) is 15.0.